The van der Waals surface area contributed by atoms with Crippen LogP contribution in [0, 0.1) is 5.82 Å². The maximum atomic E-state index is 14.3. The molecule has 1 amide bonds. The van der Waals surface area contributed by atoms with E-state index in [9.17, 15) is 9.18 Å². The molecule has 0 aromatic heterocycles. The van der Waals surface area contributed by atoms with Crippen LogP contribution >= 0.6 is 15.9 Å². The molecule has 2 aromatic rings. The topological polar surface area (TPSA) is 47.6 Å². The van der Waals surface area contributed by atoms with Crippen LogP contribution in [0.4, 0.5) is 10.1 Å². The maximum Gasteiger partial charge on any atom is 0.225 e. The van der Waals surface area contributed by atoms with Crippen molar-refractivity contribution in [2.75, 3.05) is 19.5 Å². The van der Waals surface area contributed by atoms with Gasteiger partial charge >= 0.3 is 0 Å². The van der Waals surface area contributed by atoms with Crippen LogP contribution < -0.4 is 14.8 Å². The van der Waals surface area contributed by atoms with Crippen LogP contribution in [0.1, 0.15) is 23.5 Å². The zero-order valence-corrected chi connectivity index (χ0v) is 14.2. The Balaban J connectivity index is 2.18. The first kappa shape index (κ1) is 15.8. The SMILES string of the molecule is COc1cc2c(cc1OC)[C@H](c1cc(Br)ccc1F)CC(=O)N2. The molecule has 0 radical (unpaired) electrons. The monoisotopic (exact) mass is 379 g/mol. The van der Waals surface area contributed by atoms with Crippen molar-refractivity contribution in [2.24, 2.45) is 0 Å². The van der Waals surface area contributed by atoms with E-state index in [1.54, 1.807) is 31.4 Å². The number of amides is 1. The molecule has 0 saturated carbocycles. The van der Waals surface area contributed by atoms with E-state index in [4.69, 9.17) is 9.47 Å². The van der Waals surface area contributed by atoms with Gasteiger partial charge in [0.2, 0.25) is 5.91 Å². The summed E-state index contributed by atoms with van der Waals surface area (Å²) < 4.78 is 25.7. The Labute approximate surface area is 141 Å². The molecule has 0 unspecified atom stereocenters. The molecular formula is C17H15BrFNO3. The first-order chi connectivity index (χ1) is 11.0. The second-order valence-corrected chi connectivity index (χ2v) is 6.18. The molecule has 4 nitrogen and oxygen atoms in total. The molecule has 120 valence electrons. The van der Waals surface area contributed by atoms with Crippen LogP contribution in [0.3, 0.4) is 0 Å². The highest BCUT2D eigenvalue weighted by Crippen LogP contribution is 2.43. The summed E-state index contributed by atoms with van der Waals surface area (Å²) in [6.07, 6.45) is 0.176. The molecule has 0 aliphatic carbocycles. The second kappa shape index (κ2) is 6.20. The number of benzene rings is 2. The van der Waals surface area contributed by atoms with Crippen LogP contribution in [0.15, 0.2) is 34.8 Å². The number of halogens is 2. The number of rotatable bonds is 3. The molecular weight excluding hydrogens is 365 g/mol. The molecule has 1 aliphatic rings. The minimum Gasteiger partial charge on any atom is -0.493 e. The van der Waals surface area contributed by atoms with Crippen molar-refractivity contribution in [3.05, 3.63) is 51.7 Å². The van der Waals surface area contributed by atoms with Crippen LogP contribution in [0.5, 0.6) is 11.5 Å². The molecule has 0 fully saturated rings. The Morgan fingerprint density at radius 2 is 1.83 bits per heavy atom. The Kier molecular flexibility index (Phi) is 4.26. The van der Waals surface area contributed by atoms with E-state index in [1.165, 1.54) is 13.2 Å². The number of hydrogen-bond acceptors (Lipinski definition) is 3. The summed E-state index contributed by atoms with van der Waals surface area (Å²) in [7, 11) is 3.07. The minimum absolute atomic E-state index is 0.158. The third-order valence-electron chi connectivity index (χ3n) is 3.93. The molecule has 1 heterocycles. The number of methoxy groups -OCH3 is 2. The third-order valence-corrected chi connectivity index (χ3v) is 4.42. The molecule has 6 heteroatoms. The number of anilines is 1. The zero-order valence-electron chi connectivity index (χ0n) is 12.7. The predicted octanol–water partition coefficient (Wildman–Crippen LogP) is 4.08. The molecule has 1 atom stereocenters. The summed E-state index contributed by atoms with van der Waals surface area (Å²) in [5.41, 5.74) is 1.89. The molecule has 1 N–H and O–H groups in total. The number of fused-ring (bicyclic) bond motifs is 1. The maximum absolute atomic E-state index is 14.3. The van der Waals surface area contributed by atoms with Crippen molar-refractivity contribution in [1.29, 1.82) is 0 Å². The molecule has 3 rings (SSSR count). The second-order valence-electron chi connectivity index (χ2n) is 5.27. The lowest BCUT2D eigenvalue weighted by Gasteiger charge is -2.27. The molecule has 0 bridgehead atoms. The van der Waals surface area contributed by atoms with E-state index in [1.807, 2.05) is 0 Å². The van der Waals surface area contributed by atoms with Gasteiger partial charge in [-0.3, -0.25) is 4.79 Å². The summed E-state index contributed by atoms with van der Waals surface area (Å²) in [6, 6.07) is 8.23. The van der Waals surface area contributed by atoms with Gasteiger partial charge in [-0.25, -0.2) is 4.39 Å². The van der Waals surface area contributed by atoms with Crippen molar-refractivity contribution >= 4 is 27.5 Å². The fourth-order valence-electron chi connectivity index (χ4n) is 2.85. The van der Waals surface area contributed by atoms with Gasteiger partial charge in [0, 0.05) is 28.6 Å². The average Bonchev–Trinajstić information content (AvgIpc) is 2.55. The minimum atomic E-state index is -0.379. The fourth-order valence-corrected chi connectivity index (χ4v) is 3.23. The van der Waals surface area contributed by atoms with Crippen molar-refractivity contribution in [3.8, 4) is 11.5 Å². The first-order valence-electron chi connectivity index (χ1n) is 7.04. The zero-order chi connectivity index (χ0) is 16.6. The van der Waals surface area contributed by atoms with Crippen LogP contribution in [0.25, 0.3) is 0 Å². The number of hydrogen-bond donors (Lipinski definition) is 1. The van der Waals surface area contributed by atoms with E-state index in [0.717, 1.165) is 10.0 Å². The van der Waals surface area contributed by atoms with E-state index < -0.39 is 0 Å². The number of nitrogens with one attached hydrogen (secondary N) is 1. The third kappa shape index (κ3) is 2.91. The average molecular weight is 380 g/mol. The normalized spacial score (nSPS) is 16.5. The van der Waals surface area contributed by atoms with Crippen LogP contribution in [0.2, 0.25) is 0 Å². The van der Waals surface area contributed by atoms with Gasteiger partial charge in [0.25, 0.3) is 0 Å². The molecule has 1 aliphatic heterocycles. The Morgan fingerprint density at radius 1 is 1.13 bits per heavy atom. The van der Waals surface area contributed by atoms with E-state index >= 15 is 0 Å². The molecule has 2 aromatic carbocycles. The Morgan fingerprint density at radius 3 is 2.52 bits per heavy atom. The van der Waals surface area contributed by atoms with Crippen LogP contribution in [-0.2, 0) is 4.79 Å². The van der Waals surface area contributed by atoms with Gasteiger partial charge in [-0.15, -0.1) is 0 Å². The van der Waals surface area contributed by atoms with E-state index in [0.29, 0.717) is 22.7 Å². The largest absolute Gasteiger partial charge is 0.493 e. The number of carbonyl (C=O) groups is 1. The highest BCUT2D eigenvalue weighted by molar-refractivity contribution is 9.10. The van der Waals surface area contributed by atoms with Gasteiger partial charge in [0.1, 0.15) is 5.82 Å². The van der Waals surface area contributed by atoms with Crippen LogP contribution in [-0.4, -0.2) is 20.1 Å². The van der Waals surface area contributed by atoms with Crippen molar-refractivity contribution in [1.82, 2.24) is 0 Å². The van der Waals surface area contributed by atoms with Gasteiger partial charge in [-0.1, -0.05) is 15.9 Å². The van der Waals surface area contributed by atoms with Crippen molar-refractivity contribution < 1.29 is 18.7 Å². The van der Waals surface area contributed by atoms with Gasteiger partial charge in [-0.2, -0.15) is 0 Å². The summed E-state index contributed by atoms with van der Waals surface area (Å²) in [4.78, 5) is 12.0. The molecule has 0 saturated heterocycles. The summed E-state index contributed by atoms with van der Waals surface area (Å²) in [5, 5.41) is 2.81. The van der Waals surface area contributed by atoms with Gasteiger partial charge in [0.15, 0.2) is 11.5 Å². The highest BCUT2D eigenvalue weighted by atomic mass is 79.9. The predicted molar refractivity (Wildman–Crippen MR) is 88.7 cm³/mol. The standard InChI is InChI=1S/C17H15BrFNO3/c1-22-15-6-12-10(11-5-9(18)3-4-13(11)19)7-17(21)20-14(12)8-16(15)23-2/h3-6,8,10H,7H2,1-2H3,(H,20,21)/t10-/m0/s1. The van der Waals surface area contributed by atoms with E-state index in [-0.39, 0.29) is 24.1 Å². The highest BCUT2D eigenvalue weighted by Gasteiger charge is 2.30. The summed E-state index contributed by atoms with van der Waals surface area (Å²) in [6.45, 7) is 0. The summed E-state index contributed by atoms with van der Waals surface area (Å²) in [5.74, 6) is 0.184. The van der Waals surface area contributed by atoms with Gasteiger partial charge in [-0.05, 0) is 35.4 Å². The fraction of sp³-hybridized carbons (Fsp3) is 0.235. The number of ether oxygens (including phenoxy) is 2. The first-order valence-corrected chi connectivity index (χ1v) is 7.83. The van der Waals surface area contributed by atoms with Gasteiger partial charge < -0.3 is 14.8 Å². The lowest BCUT2D eigenvalue weighted by Crippen LogP contribution is -2.24. The van der Waals surface area contributed by atoms with E-state index in [2.05, 4.69) is 21.2 Å². The van der Waals surface area contributed by atoms with Crippen molar-refractivity contribution in [3.63, 3.8) is 0 Å². The lowest BCUT2D eigenvalue weighted by atomic mass is 9.84. The Hall–Kier alpha value is -2.08. The summed E-state index contributed by atoms with van der Waals surface area (Å²) >= 11 is 3.36. The molecule has 23 heavy (non-hydrogen) atoms. The van der Waals surface area contributed by atoms with Crippen molar-refractivity contribution in [2.45, 2.75) is 12.3 Å². The smallest absolute Gasteiger partial charge is 0.225 e. The lowest BCUT2D eigenvalue weighted by molar-refractivity contribution is -0.116. The number of carbonyl (C=O) groups excluding carboxylic acids is 1. The Bertz CT molecular complexity index is 779. The molecule has 0 spiro atoms. The van der Waals surface area contributed by atoms with Gasteiger partial charge in [0.05, 0.1) is 14.2 Å². The quantitative estimate of drug-likeness (QED) is 0.873.